The minimum atomic E-state index is -5.02. The van der Waals surface area contributed by atoms with Crippen LogP contribution in [0.1, 0.15) is 38.5 Å². The molecule has 0 fully saturated rings. The van der Waals surface area contributed by atoms with Crippen molar-refractivity contribution in [3.8, 4) is 0 Å². The second-order valence-electron chi connectivity index (χ2n) is 10.5. The molecule has 15 N–H and O–H groups in total. The minimum absolute atomic E-state index is 0.0540. The van der Waals surface area contributed by atoms with Crippen molar-refractivity contribution in [3.05, 3.63) is 0 Å². The summed E-state index contributed by atoms with van der Waals surface area (Å²) < 4.78 is 68.3. The Morgan fingerprint density at radius 2 is 0.565 bits per heavy atom. The molecule has 22 nitrogen and oxygen atoms in total. The number of hydrogen-bond acceptors (Lipinski definition) is 10. The third-order valence-electron chi connectivity index (χ3n) is 6.59. The summed E-state index contributed by atoms with van der Waals surface area (Å²) in [4.78, 5) is 112. The molecule has 278 valence electrons. The van der Waals surface area contributed by atoms with Crippen LogP contribution in [-0.2, 0) is 27.4 Å². The highest BCUT2D eigenvalue weighted by atomic mass is 31.2. The highest BCUT2D eigenvalue weighted by molar-refractivity contribution is 7.71. The Bertz CT molecular complexity index is 968. The van der Waals surface area contributed by atoms with Crippen molar-refractivity contribution in [2.75, 3.05) is 58.9 Å². The van der Waals surface area contributed by atoms with E-state index in [1.54, 1.807) is 0 Å². The van der Waals surface area contributed by atoms with Crippen LogP contribution >= 0.6 is 45.6 Å². The van der Waals surface area contributed by atoms with Crippen LogP contribution in [-0.4, -0.2) is 139 Å². The maximum atomic E-state index is 11.4. The van der Waals surface area contributed by atoms with Crippen LogP contribution < -0.4 is 16.0 Å². The maximum absolute atomic E-state index is 11.4. The summed E-state index contributed by atoms with van der Waals surface area (Å²) in [7, 11) is -30.1. The summed E-state index contributed by atoms with van der Waals surface area (Å²) >= 11 is 0. The molecular weight excluding hydrogens is 746 g/mol. The lowest BCUT2D eigenvalue weighted by Crippen LogP contribution is -2.41. The van der Waals surface area contributed by atoms with Crippen molar-refractivity contribution in [1.29, 1.82) is 0 Å². The van der Waals surface area contributed by atoms with Gasteiger partial charge in [-0.05, 0) is 58.2 Å². The van der Waals surface area contributed by atoms with E-state index >= 15 is 0 Å². The Balaban J connectivity index is 4.87. The summed E-state index contributed by atoms with van der Waals surface area (Å²) in [5.41, 5.74) is 0. The first-order valence-corrected chi connectivity index (χ1v) is 23.9. The van der Waals surface area contributed by atoms with Crippen molar-refractivity contribution in [2.24, 2.45) is 0 Å². The van der Waals surface area contributed by atoms with E-state index in [0.717, 1.165) is 0 Å². The molecule has 0 aliphatic rings. The Hall–Kier alpha value is 0.740. The number of hydrogen-bond donors (Lipinski definition) is 15. The molecule has 46 heavy (non-hydrogen) atoms. The van der Waals surface area contributed by atoms with Crippen LogP contribution in [0.4, 0.5) is 0 Å². The van der Waals surface area contributed by atoms with Gasteiger partial charge in [-0.15, -0.1) is 0 Å². The first kappa shape index (κ1) is 46.7. The van der Waals surface area contributed by atoms with E-state index in [9.17, 15) is 86.1 Å². The third-order valence-corrected chi connectivity index (χ3v) is 18.2. The van der Waals surface area contributed by atoms with Gasteiger partial charge in [-0.25, -0.2) is 0 Å². The average Bonchev–Trinajstić information content (AvgIpc) is 2.81. The van der Waals surface area contributed by atoms with E-state index < -0.39 is 81.0 Å². The molecule has 0 saturated carbocycles. The number of rotatable bonds is 27. The van der Waals surface area contributed by atoms with Gasteiger partial charge in [-0.1, -0.05) is 0 Å². The van der Waals surface area contributed by atoms with Gasteiger partial charge in [0.1, 0.15) is 0 Å². The summed E-state index contributed by atoms with van der Waals surface area (Å²) in [5.74, 6) is 0. The molecule has 0 amide bonds. The van der Waals surface area contributed by atoms with Gasteiger partial charge in [0.25, 0.3) is 0 Å². The molecule has 0 unspecified atom stereocenters. The van der Waals surface area contributed by atoms with Gasteiger partial charge >= 0.3 is 45.6 Å². The molecule has 0 radical (unpaired) electrons. The maximum Gasteiger partial charge on any atom is 0.340 e. The zero-order chi connectivity index (χ0) is 36.0. The molecule has 0 heterocycles. The standard InChI is InChI=1S/C18H48N4O18P6/c23-41(24,25)16(42(26,27)28)4-1-7-19-10-13-22(14-11-20-8-2-5-17(43(29,30)31)44(32,33)34)15-12-21-9-3-6-18(45(35,36)37)46(38,39)40/h16-21H,1-15H2,(H2,23,24,25)(H2,26,27,28)(H2,29,30,31)(H2,32,33,34)(H2,35,36,37)(H2,38,39,40). The molecule has 0 bridgehead atoms. The molecule has 28 heteroatoms. The Kier molecular flexibility index (Phi) is 20.9. The zero-order valence-electron chi connectivity index (χ0n) is 24.8. The highest BCUT2D eigenvalue weighted by Gasteiger charge is 2.44. The molecule has 0 rings (SSSR count). The second-order valence-corrected chi connectivity index (χ2v) is 22.5. The molecule has 0 aromatic carbocycles. The van der Waals surface area contributed by atoms with Crippen LogP contribution in [0.2, 0.25) is 0 Å². The quantitative estimate of drug-likeness (QED) is 0.0330. The number of nitrogens with zero attached hydrogens (tertiary/aromatic N) is 1. The molecule has 0 aliphatic carbocycles. The summed E-state index contributed by atoms with van der Waals surface area (Å²) in [6, 6.07) is 0. The Labute approximate surface area is 266 Å². The van der Waals surface area contributed by atoms with Gasteiger partial charge in [0, 0.05) is 39.3 Å². The fourth-order valence-electron chi connectivity index (χ4n) is 4.25. The molecule has 0 aromatic rings. The minimum Gasteiger partial charge on any atom is -0.324 e. The lowest BCUT2D eigenvalue weighted by atomic mass is 10.3. The fraction of sp³-hybridized carbons (Fsp3) is 1.00. The molecule has 0 aromatic heterocycles. The molecule has 0 atom stereocenters. The first-order chi connectivity index (χ1) is 20.7. The van der Waals surface area contributed by atoms with E-state index in [1.165, 1.54) is 0 Å². The van der Waals surface area contributed by atoms with Gasteiger partial charge in [0.2, 0.25) is 0 Å². The van der Waals surface area contributed by atoms with Crippen molar-refractivity contribution in [3.63, 3.8) is 0 Å². The first-order valence-electron chi connectivity index (χ1n) is 13.8. The van der Waals surface area contributed by atoms with E-state index in [0.29, 0.717) is 39.3 Å². The largest absolute Gasteiger partial charge is 0.340 e. The highest BCUT2D eigenvalue weighted by Crippen LogP contribution is 2.63. The van der Waals surface area contributed by atoms with E-state index in [1.807, 2.05) is 4.90 Å². The zero-order valence-corrected chi connectivity index (χ0v) is 30.2. The summed E-state index contributed by atoms with van der Waals surface area (Å²) in [5, 5.41) is 2.67. The van der Waals surface area contributed by atoms with E-state index in [-0.39, 0.29) is 38.9 Å². The average molecular weight is 794 g/mol. The van der Waals surface area contributed by atoms with E-state index in [2.05, 4.69) is 16.0 Å². The van der Waals surface area contributed by atoms with Crippen molar-refractivity contribution < 1.29 is 86.1 Å². The molecular formula is C18H48N4O18P6. The normalized spacial score (nSPS) is 14.3. The van der Waals surface area contributed by atoms with E-state index in [4.69, 9.17) is 0 Å². The fourth-order valence-corrected chi connectivity index (χ4v) is 12.1. The predicted octanol–water partition coefficient (Wildman–Crippen LogP) is -1.56. The van der Waals surface area contributed by atoms with Crippen LogP contribution in [0.3, 0.4) is 0 Å². The summed E-state index contributed by atoms with van der Waals surface area (Å²) in [6.45, 7) is 2.78. The monoisotopic (exact) mass is 794 g/mol. The molecule has 0 saturated heterocycles. The van der Waals surface area contributed by atoms with Crippen molar-refractivity contribution in [1.82, 2.24) is 20.9 Å². The predicted molar refractivity (Wildman–Crippen MR) is 166 cm³/mol. The topological polar surface area (TPSA) is 385 Å². The van der Waals surface area contributed by atoms with Crippen LogP contribution in [0.25, 0.3) is 0 Å². The number of nitrogens with one attached hydrogen (secondary N) is 3. The molecule has 0 aliphatic heterocycles. The Morgan fingerprint density at radius 3 is 0.739 bits per heavy atom. The summed E-state index contributed by atoms with van der Waals surface area (Å²) in [6.07, 6.45) is -1.10. The van der Waals surface area contributed by atoms with Gasteiger partial charge in [0.15, 0.2) is 16.2 Å². The smallest absolute Gasteiger partial charge is 0.324 e. The Morgan fingerprint density at radius 1 is 0.370 bits per heavy atom. The van der Waals surface area contributed by atoms with Gasteiger partial charge < -0.3 is 74.7 Å². The molecule has 0 spiro atoms. The van der Waals surface area contributed by atoms with Gasteiger partial charge in [-0.3, -0.25) is 32.3 Å². The van der Waals surface area contributed by atoms with Gasteiger partial charge in [0.05, 0.1) is 0 Å². The van der Waals surface area contributed by atoms with Crippen LogP contribution in [0, 0.1) is 0 Å². The van der Waals surface area contributed by atoms with Crippen LogP contribution in [0.5, 0.6) is 0 Å². The SMILES string of the molecule is O=P(O)(O)C(CCCNCCN(CCNCCCC(P(=O)(O)O)P(=O)(O)O)CCNCCCC(P(=O)(O)O)P(=O)(O)O)P(=O)(O)O. The van der Waals surface area contributed by atoms with Crippen LogP contribution in [0.15, 0.2) is 0 Å². The second kappa shape index (κ2) is 20.6. The van der Waals surface area contributed by atoms with Gasteiger partial charge in [-0.2, -0.15) is 0 Å². The van der Waals surface area contributed by atoms with Crippen molar-refractivity contribution >= 4 is 45.6 Å². The third kappa shape index (κ3) is 21.1. The van der Waals surface area contributed by atoms with Crippen molar-refractivity contribution in [2.45, 2.75) is 54.7 Å². The lowest BCUT2D eigenvalue weighted by Gasteiger charge is -2.24. The lowest BCUT2D eigenvalue weighted by molar-refractivity contribution is 0.271.